The van der Waals surface area contributed by atoms with E-state index in [1.165, 1.54) is 19.3 Å². The van der Waals surface area contributed by atoms with Gasteiger partial charge in [-0.1, -0.05) is 13.8 Å². The van der Waals surface area contributed by atoms with E-state index in [0.29, 0.717) is 11.2 Å². The summed E-state index contributed by atoms with van der Waals surface area (Å²) in [6.45, 7) is 6.72. The van der Waals surface area contributed by atoms with Crippen molar-refractivity contribution in [2.45, 2.75) is 33.1 Å². The number of anilines is 2. The highest BCUT2D eigenvalue weighted by Crippen LogP contribution is 2.30. The lowest BCUT2D eigenvalue weighted by Gasteiger charge is -2.23. The second-order valence-electron chi connectivity index (χ2n) is 5.29. The molecule has 1 aromatic heterocycles. The van der Waals surface area contributed by atoms with E-state index < -0.39 is 0 Å². The van der Waals surface area contributed by atoms with E-state index >= 15 is 0 Å². The highest BCUT2D eigenvalue weighted by Gasteiger charge is 2.23. The Kier molecular flexibility index (Phi) is 2.99. The molecule has 0 unspecified atom stereocenters. The Balaban J connectivity index is 2.11. The van der Waals surface area contributed by atoms with Crippen LogP contribution in [0.2, 0.25) is 0 Å². The van der Waals surface area contributed by atoms with Crippen molar-refractivity contribution in [3.8, 4) is 0 Å². The minimum Gasteiger partial charge on any atom is -0.384 e. The smallest absolute Gasteiger partial charge is 0.227 e. The van der Waals surface area contributed by atoms with Crippen LogP contribution in [0.4, 0.5) is 11.8 Å². The number of nitrogens with two attached hydrogens (primary N) is 1. The third kappa shape index (κ3) is 2.62. The van der Waals surface area contributed by atoms with Gasteiger partial charge >= 0.3 is 0 Å². The second kappa shape index (κ2) is 4.28. The summed E-state index contributed by atoms with van der Waals surface area (Å²) in [6.07, 6.45) is 5.38. The molecule has 4 nitrogen and oxygen atoms in total. The van der Waals surface area contributed by atoms with Crippen LogP contribution in [0.1, 0.15) is 33.1 Å². The molecule has 0 spiro atoms. The summed E-state index contributed by atoms with van der Waals surface area (Å²) in [5.41, 5.74) is 6.12. The molecule has 1 aliphatic rings. The van der Waals surface area contributed by atoms with E-state index in [2.05, 4.69) is 28.7 Å². The molecular formula is C12H20N4. The standard InChI is InChI=1S/C12H20N4/c1-12(2)5-3-8-16(9-6-12)11-14-7-4-10(13)15-11/h4,7H,3,5-6,8-9H2,1-2H3,(H2,13,14,15). The summed E-state index contributed by atoms with van der Waals surface area (Å²) in [5.74, 6) is 1.33. The van der Waals surface area contributed by atoms with Gasteiger partial charge < -0.3 is 10.6 Å². The number of hydrogen-bond acceptors (Lipinski definition) is 4. The summed E-state index contributed by atoms with van der Waals surface area (Å²) in [5, 5.41) is 0. The molecule has 2 heterocycles. The molecule has 1 saturated heterocycles. The third-order valence-electron chi connectivity index (χ3n) is 3.29. The van der Waals surface area contributed by atoms with Crippen molar-refractivity contribution < 1.29 is 0 Å². The predicted molar refractivity (Wildman–Crippen MR) is 66.3 cm³/mol. The van der Waals surface area contributed by atoms with Gasteiger partial charge in [-0.3, -0.25) is 0 Å². The van der Waals surface area contributed by atoms with Crippen LogP contribution in [0.3, 0.4) is 0 Å². The van der Waals surface area contributed by atoms with Gasteiger partial charge in [0, 0.05) is 19.3 Å². The fourth-order valence-corrected chi connectivity index (χ4v) is 2.14. The second-order valence-corrected chi connectivity index (χ2v) is 5.29. The van der Waals surface area contributed by atoms with Crippen molar-refractivity contribution in [3.63, 3.8) is 0 Å². The van der Waals surface area contributed by atoms with E-state index in [-0.39, 0.29) is 0 Å². The normalized spacial score (nSPS) is 20.5. The summed E-state index contributed by atoms with van der Waals surface area (Å²) < 4.78 is 0. The maximum absolute atomic E-state index is 5.68. The molecule has 1 fully saturated rings. The summed E-state index contributed by atoms with van der Waals surface area (Å²) in [7, 11) is 0. The number of nitrogens with zero attached hydrogens (tertiary/aromatic N) is 3. The topological polar surface area (TPSA) is 55.0 Å². The molecular weight excluding hydrogens is 200 g/mol. The van der Waals surface area contributed by atoms with Gasteiger partial charge in [0.05, 0.1) is 0 Å². The highest BCUT2D eigenvalue weighted by molar-refractivity contribution is 5.37. The van der Waals surface area contributed by atoms with Gasteiger partial charge in [-0.05, 0) is 30.7 Å². The van der Waals surface area contributed by atoms with Crippen molar-refractivity contribution >= 4 is 11.8 Å². The van der Waals surface area contributed by atoms with Crippen LogP contribution in [-0.4, -0.2) is 23.1 Å². The van der Waals surface area contributed by atoms with Crippen LogP contribution < -0.4 is 10.6 Å². The van der Waals surface area contributed by atoms with Gasteiger partial charge in [-0.2, -0.15) is 4.98 Å². The maximum atomic E-state index is 5.68. The molecule has 4 heteroatoms. The summed E-state index contributed by atoms with van der Waals surface area (Å²) in [4.78, 5) is 10.8. The maximum Gasteiger partial charge on any atom is 0.227 e. The monoisotopic (exact) mass is 220 g/mol. The number of aromatic nitrogens is 2. The van der Waals surface area contributed by atoms with E-state index in [1.54, 1.807) is 12.3 Å². The zero-order valence-electron chi connectivity index (χ0n) is 10.1. The van der Waals surface area contributed by atoms with Gasteiger partial charge in [0.25, 0.3) is 0 Å². The van der Waals surface area contributed by atoms with E-state index in [9.17, 15) is 0 Å². The Labute approximate surface area is 96.9 Å². The van der Waals surface area contributed by atoms with Gasteiger partial charge in [-0.25, -0.2) is 4.98 Å². The average Bonchev–Trinajstić information content (AvgIpc) is 2.39. The molecule has 0 aliphatic carbocycles. The van der Waals surface area contributed by atoms with Crippen LogP contribution >= 0.6 is 0 Å². The highest BCUT2D eigenvalue weighted by atomic mass is 15.3. The number of hydrogen-bond donors (Lipinski definition) is 1. The first kappa shape index (κ1) is 11.2. The molecule has 1 aliphatic heterocycles. The fourth-order valence-electron chi connectivity index (χ4n) is 2.14. The van der Waals surface area contributed by atoms with Crippen molar-refractivity contribution in [2.24, 2.45) is 5.41 Å². The minimum absolute atomic E-state index is 0.440. The summed E-state index contributed by atoms with van der Waals surface area (Å²) in [6, 6.07) is 1.73. The molecule has 0 radical (unpaired) electrons. The zero-order valence-corrected chi connectivity index (χ0v) is 10.1. The number of rotatable bonds is 1. The van der Waals surface area contributed by atoms with Crippen molar-refractivity contribution in [1.82, 2.24) is 9.97 Å². The molecule has 16 heavy (non-hydrogen) atoms. The molecule has 0 aromatic carbocycles. The Morgan fingerprint density at radius 3 is 2.88 bits per heavy atom. The lowest BCUT2D eigenvalue weighted by molar-refractivity contribution is 0.325. The van der Waals surface area contributed by atoms with E-state index in [0.717, 1.165) is 19.0 Å². The Bertz CT molecular complexity index is 362. The van der Waals surface area contributed by atoms with Crippen LogP contribution in [0, 0.1) is 5.41 Å². The van der Waals surface area contributed by atoms with Crippen LogP contribution in [0.25, 0.3) is 0 Å². The SMILES string of the molecule is CC1(C)CCCN(c2nccc(N)n2)CC1. The molecule has 0 atom stereocenters. The first-order chi connectivity index (χ1) is 7.57. The molecule has 1 aromatic rings. The molecule has 2 rings (SSSR count). The van der Waals surface area contributed by atoms with Crippen LogP contribution in [-0.2, 0) is 0 Å². The first-order valence-electron chi connectivity index (χ1n) is 5.90. The van der Waals surface area contributed by atoms with Gasteiger partial charge in [-0.15, -0.1) is 0 Å². The molecule has 0 saturated carbocycles. The van der Waals surface area contributed by atoms with Gasteiger partial charge in [0.1, 0.15) is 5.82 Å². The van der Waals surface area contributed by atoms with Gasteiger partial charge in [0.2, 0.25) is 5.95 Å². The Morgan fingerprint density at radius 2 is 2.12 bits per heavy atom. The Morgan fingerprint density at radius 1 is 1.31 bits per heavy atom. The largest absolute Gasteiger partial charge is 0.384 e. The molecule has 0 amide bonds. The fraction of sp³-hybridized carbons (Fsp3) is 0.667. The Hall–Kier alpha value is -1.32. The molecule has 88 valence electrons. The quantitative estimate of drug-likeness (QED) is 0.787. The lowest BCUT2D eigenvalue weighted by atomic mass is 9.85. The van der Waals surface area contributed by atoms with Crippen molar-refractivity contribution in [1.29, 1.82) is 0 Å². The number of nitrogen functional groups attached to an aromatic ring is 1. The van der Waals surface area contributed by atoms with Crippen LogP contribution in [0.5, 0.6) is 0 Å². The predicted octanol–water partition coefficient (Wildman–Crippen LogP) is 2.08. The van der Waals surface area contributed by atoms with Crippen LogP contribution in [0.15, 0.2) is 12.3 Å². The third-order valence-corrected chi connectivity index (χ3v) is 3.29. The van der Waals surface area contributed by atoms with Crippen molar-refractivity contribution in [3.05, 3.63) is 12.3 Å². The van der Waals surface area contributed by atoms with E-state index in [4.69, 9.17) is 5.73 Å². The summed E-state index contributed by atoms with van der Waals surface area (Å²) >= 11 is 0. The van der Waals surface area contributed by atoms with E-state index in [1.807, 2.05) is 0 Å². The lowest BCUT2D eigenvalue weighted by Crippen LogP contribution is -2.27. The first-order valence-corrected chi connectivity index (χ1v) is 5.90. The molecule has 2 N–H and O–H groups in total. The van der Waals surface area contributed by atoms with Gasteiger partial charge in [0.15, 0.2) is 0 Å². The zero-order chi connectivity index (χ0) is 11.6. The molecule has 0 bridgehead atoms. The van der Waals surface area contributed by atoms with Crippen molar-refractivity contribution in [2.75, 3.05) is 23.7 Å². The average molecular weight is 220 g/mol. The minimum atomic E-state index is 0.440.